The van der Waals surface area contributed by atoms with E-state index in [1.165, 1.54) is 18.3 Å². The average molecular weight is 419 g/mol. The molecule has 4 rings (SSSR count). The second kappa shape index (κ2) is 7.58. The van der Waals surface area contributed by atoms with Gasteiger partial charge in [0.05, 0.1) is 22.8 Å². The van der Waals surface area contributed by atoms with Crippen LogP contribution >= 0.6 is 10.6 Å². The maximum Gasteiger partial charge on any atom is 0.256 e. The van der Waals surface area contributed by atoms with Crippen molar-refractivity contribution < 1.29 is 22.7 Å². The van der Waals surface area contributed by atoms with Gasteiger partial charge in [-0.05, 0) is 17.5 Å². The minimum atomic E-state index is -2.61. The van der Waals surface area contributed by atoms with Crippen LogP contribution < -0.4 is 5.32 Å². The Bertz CT molecular complexity index is 1080. The van der Waals surface area contributed by atoms with Gasteiger partial charge in [0.2, 0.25) is 0 Å². The van der Waals surface area contributed by atoms with Crippen molar-refractivity contribution in [2.24, 2.45) is 0 Å². The number of nitrogens with one attached hydrogen (secondary N) is 1. The van der Waals surface area contributed by atoms with Gasteiger partial charge in [0.15, 0.2) is 11.6 Å². The number of pyridine rings is 1. The lowest BCUT2D eigenvalue weighted by molar-refractivity contribution is 0.0769. The van der Waals surface area contributed by atoms with E-state index in [1.807, 2.05) is 0 Å². The Morgan fingerprint density at radius 3 is 2.45 bits per heavy atom. The Hall–Kier alpha value is -2.75. The molecule has 0 spiro atoms. The van der Waals surface area contributed by atoms with Gasteiger partial charge in [-0.1, -0.05) is 30.3 Å². The van der Waals surface area contributed by atoms with Gasteiger partial charge in [-0.2, -0.15) is 10.6 Å². The molecule has 0 radical (unpaired) electrons. The monoisotopic (exact) mass is 419 g/mol. The minimum Gasteiger partial charge on any atom is -0.337 e. The number of amides is 1. The first-order valence-corrected chi connectivity index (χ1v) is 10.9. The normalized spacial score (nSPS) is 17.2. The molecule has 0 aliphatic carbocycles. The highest BCUT2D eigenvalue weighted by molar-refractivity contribution is 8.24. The summed E-state index contributed by atoms with van der Waals surface area (Å²) in [6.07, 6.45) is 1.40. The number of hydrogen-bond acceptors (Lipinski definition) is 5. The second-order valence-electron chi connectivity index (χ2n) is 6.80. The molecule has 0 atom stereocenters. The predicted molar refractivity (Wildman–Crippen MR) is 110 cm³/mol. The van der Waals surface area contributed by atoms with E-state index in [0.717, 1.165) is 6.07 Å². The van der Waals surface area contributed by atoms with Crippen LogP contribution in [0.15, 0.2) is 48.7 Å². The summed E-state index contributed by atoms with van der Waals surface area (Å²) in [6.45, 7) is 0.508. The predicted octanol–water partition coefficient (Wildman–Crippen LogP) is 4.46. The molecule has 1 amide bonds. The highest BCUT2D eigenvalue weighted by Crippen LogP contribution is 2.40. The van der Waals surface area contributed by atoms with Crippen molar-refractivity contribution in [1.82, 2.24) is 9.88 Å². The number of fused-ring (bicyclic) bond motifs is 1. The van der Waals surface area contributed by atoms with Crippen LogP contribution in [0.1, 0.15) is 10.4 Å². The summed E-state index contributed by atoms with van der Waals surface area (Å²) in [5.41, 5.74) is 0.312. The van der Waals surface area contributed by atoms with Crippen molar-refractivity contribution in [3.63, 3.8) is 0 Å². The van der Waals surface area contributed by atoms with E-state index in [1.54, 1.807) is 29.2 Å². The topological polar surface area (TPSA) is 85.7 Å². The fraction of sp³-hybridized carbons (Fsp3) is 0.200. The van der Waals surface area contributed by atoms with E-state index < -0.39 is 22.2 Å². The van der Waals surface area contributed by atoms with Crippen LogP contribution in [0.3, 0.4) is 0 Å². The first-order chi connectivity index (χ1) is 13.9. The van der Waals surface area contributed by atoms with Crippen LogP contribution in [0.25, 0.3) is 10.8 Å². The first-order valence-electron chi connectivity index (χ1n) is 8.97. The number of carbonyl (C=O) groups excluding carboxylic acids is 1. The number of anilines is 2. The molecular formula is C20H19F2N3O3S. The maximum absolute atomic E-state index is 14.0. The Labute approximate surface area is 167 Å². The highest BCUT2D eigenvalue weighted by atomic mass is 32.3. The number of benzene rings is 2. The number of halogens is 2. The van der Waals surface area contributed by atoms with E-state index in [-0.39, 0.29) is 36.2 Å². The largest absolute Gasteiger partial charge is 0.337 e. The molecular weight excluding hydrogens is 400 g/mol. The second-order valence-corrected chi connectivity index (χ2v) is 9.22. The zero-order valence-electron chi connectivity index (χ0n) is 15.3. The van der Waals surface area contributed by atoms with Gasteiger partial charge >= 0.3 is 0 Å². The Morgan fingerprint density at radius 1 is 1.03 bits per heavy atom. The van der Waals surface area contributed by atoms with Crippen molar-refractivity contribution in [3.05, 3.63) is 65.9 Å². The molecule has 6 nitrogen and oxygen atoms in total. The summed E-state index contributed by atoms with van der Waals surface area (Å²) in [5.74, 6) is -1.62. The SMILES string of the molecule is O=C(c1cnc(Nc2cccc(F)c2F)c2ccccc12)N1CCS(O)(O)CC1. The first kappa shape index (κ1) is 19.6. The zero-order valence-corrected chi connectivity index (χ0v) is 16.1. The molecule has 3 N–H and O–H groups in total. The smallest absolute Gasteiger partial charge is 0.256 e. The van der Waals surface area contributed by atoms with Crippen molar-refractivity contribution in [2.75, 3.05) is 29.9 Å². The Kier molecular flexibility index (Phi) is 5.12. The third-order valence-electron chi connectivity index (χ3n) is 4.89. The van der Waals surface area contributed by atoms with Crippen molar-refractivity contribution in [2.45, 2.75) is 0 Å². The zero-order chi connectivity index (χ0) is 20.6. The van der Waals surface area contributed by atoms with Crippen molar-refractivity contribution >= 4 is 38.8 Å². The lowest BCUT2D eigenvalue weighted by atomic mass is 10.1. The third kappa shape index (κ3) is 3.89. The van der Waals surface area contributed by atoms with Crippen LogP contribution in [0.2, 0.25) is 0 Å². The summed E-state index contributed by atoms with van der Waals surface area (Å²) < 4.78 is 47.1. The molecule has 1 aromatic heterocycles. The molecule has 2 heterocycles. The van der Waals surface area contributed by atoms with Crippen LogP contribution in [0.5, 0.6) is 0 Å². The lowest BCUT2D eigenvalue weighted by Crippen LogP contribution is -2.42. The molecule has 152 valence electrons. The Balaban J connectivity index is 1.69. The number of rotatable bonds is 3. The minimum absolute atomic E-state index is 0.0528. The van der Waals surface area contributed by atoms with Crippen LogP contribution in [-0.2, 0) is 0 Å². The molecule has 9 heteroatoms. The number of hydrogen-bond donors (Lipinski definition) is 3. The van der Waals surface area contributed by atoms with Gasteiger partial charge in [-0.3, -0.25) is 13.9 Å². The van der Waals surface area contributed by atoms with E-state index in [2.05, 4.69) is 10.3 Å². The van der Waals surface area contributed by atoms with E-state index >= 15 is 0 Å². The lowest BCUT2D eigenvalue weighted by Gasteiger charge is -2.41. The highest BCUT2D eigenvalue weighted by Gasteiger charge is 2.27. The maximum atomic E-state index is 14.0. The van der Waals surface area contributed by atoms with Crippen molar-refractivity contribution in [3.8, 4) is 0 Å². The molecule has 1 fully saturated rings. The van der Waals surface area contributed by atoms with Crippen LogP contribution in [-0.4, -0.2) is 49.5 Å². The molecule has 1 saturated heterocycles. The van der Waals surface area contributed by atoms with Gasteiger partial charge in [0.25, 0.3) is 5.91 Å². The summed E-state index contributed by atoms with van der Waals surface area (Å²) in [7, 11) is -2.61. The standard InChI is InChI=1S/C20H19F2N3O3S/c21-16-6-3-7-17(18(16)22)24-19-14-5-2-1-4-13(14)15(12-23-19)20(26)25-8-10-29(27,28)11-9-25/h1-7,12,27-28H,8-11H2,(H,23,24). The molecule has 1 aliphatic heterocycles. The van der Waals surface area contributed by atoms with Gasteiger partial charge in [0, 0.05) is 24.7 Å². The van der Waals surface area contributed by atoms with Gasteiger partial charge in [-0.15, -0.1) is 0 Å². The fourth-order valence-electron chi connectivity index (χ4n) is 3.29. The number of nitrogens with zero attached hydrogens (tertiary/aromatic N) is 2. The molecule has 0 bridgehead atoms. The number of carbonyl (C=O) groups is 1. The van der Waals surface area contributed by atoms with Gasteiger partial charge < -0.3 is 10.2 Å². The molecule has 29 heavy (non-hydrogen) atoms. The summed E-state index contributed by atoms with van der Waals surface area (Å²) in [4.78, 5) is 18.8. The van der Waals surface area contributed by atoms with Gasteiger partial charge in [-0.25, -0.2) is 13.8 Å². The van der Waals surface area contributed by atoms with Crippen LogP contribution in [0, 0.1) is 11.6 Å². The van der Waals surface area contributed by atoms with Gasteiger partial charge in [0.1, 0.15) is 5.82 Å². The fourth-order valence-corrected chi connectivity index (χ4v) is 4.52. The van der Waals surface area contributed by atoms with Crippen molar-refractivity contribution in [1.29, 1.82) is 0 Å². The summed E-state index contributed by atoms with van der Waals surface area (Å²) >= 11 is 0. The molecule has 0 unspecified atom stereocenters. The quantitative estimate of drug-likeness (QED) is 0.584. The van der Waals surface area contributed by atoms with E-state index in [0.29, 0.717) is 22.2 Å². The van der Waals surface area contributed by atoms with Crippen LogP contribution in [0.4, 0.5) is 20.3 Å². The third-order valence-corrected chi connectivity index (χ3v) is 6.57. The molecule has 2 aromatic carbocycles. The average Bonchev–Trinajstić information content (AvgIpc) is 2.71. The summed E-state index contributed by atoms with van der Waals surface area (Å²) in [6, 6.07) is 10.9. The molecule has 3 aromatic rings. The molecule has 0 saturated carbocycles. The van der Waals surface area contributed by atoms with E-state index in [4.69, 9.17) is 0 Å². The van der Waals surface area contributed by atoms with E-state index in [9.17, 15) is 22.7 Å². The summed E-state index contributed by atoms with van der Waals surface area (Å²) in [5, 5.41) is 4.00. The number of aromatic nitrogens is 1. The Morgan fingerprint density at radius 2 is 1.72 bits per heavy atom. The molecule has 1 aliphatic rings.